The van der Waals surface area contributed by atoms with Crippen LogP contribution in [-0.4, -0.2) is 48.6 Å². The first-order chi connectivity index (χ1) is 14.2. The van der Waals surface area contributed by atoms with E-state index in [1.807, 2.05) is 29.0 Å². The zero-order chi connectivity index (χ0) is 20.1. The Morgan fingerprint density at radius 2 is 2.10 bits per heavy atom. The van der Waals surface area contributed by atoms with E-state index in [0.29, 0.717) is 19.8 Å². The lowest BCUT2D eigenvalue weighted by atomic mass is 10.0. The standard InChI is InChI=1S/C21H22FN3O2S2/c22-16-4-1-3-15(11-16)18(25-6-8-27-9-7-25)13-23-20(26)12-17-14-29-21(24-17)19-5-2-10-28-19/h1-5,10-11,14,18H,6-9,12-13H2,(H,23,26). The highest BCUT2D eigenvalue weighted by Crippen LogP contribution is 2.28. The Morgan fingerprint density at radius 3 is 2.86 bits per heavy atom. The van der Waals surface area contributed by atoms with E-state index >= 15 is 0 Å². The lowest BCUT2D eigenvalue weighted by Crippen LogP contribution is -2.44. The van der Waals surface area contributed by atoms with Gasteiger partial charge in [-0.2, -0.15) is 0 Å². The number of amides is 1. The molecule has 29 heavy (non-hydrogen) atoms. The Kier molecular flexibility index (Phi) is 6.66. The lowest BCUT2D eigenvalue weighted by molar-refractivity contribution is -0.120. The molecule has 0 radical (unpaired) electrons. The van der Waals surface area contributed by atoms with Crippen LogP contribution in [0.25, 0.3) is 9.88 Å². The fraction of sp³-hybridized carbons (Fsp3) is 0.333. The van der Waals surface area contributed by atoms with Crippen molar-refractivity contribution in [3.05, 3.63) is 64.2 Å². The Balaban J connectivity index is 1.39. The van der Waals surface area contributed by atoms with Gasteiger partial charge in [0, 0.05) is 25.0 Å². The molecule has 8 heteroatoms. The highest BCUT2D eigenvalue weighted by Gasteiger charge is 2.23. The summed E-state index contributed by atoms with van der Waals surface area (Å²) >= 11 is 3.19. The van der Waals surface area contributed by atoms with Gasteiger partial charge in [-0.25, -0.2) is 9.37 Å². The molecular formula is C21H22FN3O2S2. The maximum atomic E-state index is 13.8. The molecule has 0 saturated carbocycles. The number of hydrogen-bond acceptors (Lipinski definition) is 6. The van der Waals surface area contributed by atoms with Crippen LogP contribution in [0, 0.1) is 5.82 Å². The minimum absolute atomic E-state index is 0.0808. The molecule has 1 saturated heterocycles. The van der Waals surface area contributed by atoms with Crippen LogP contribution in [0.15, 0.2) is 47.2 Å². The molecule has 1 unspecified atom stereocenters. The third-order valence-electron chi connectivity index (χ3n) is 4.84. The summed E-state index contributed by atoms with van der Waals surface area (Å²) < 4.78 is 19.2. The molecule has 3 aromatic rings. The molecule has 1 N–H and O–H groups in total. The van der Waals surface area contributed by atoms with Crippen LogP contribution < -0.4 is 5.32 Å². The summed E-state index contributed by atoms with van der Waals surface area (Å²) in [6, 6.07) is 10.5. The lowest BCUT2D eigenvalue weighted by Gasteiger charge is -2.35. The molecule has 152 valence electrons. The molecule has 1 atom stereocenters. The minimum Gasteiger partial charge on any atom is -0.379 e. The van der Waals surface area contributed by atoms with Crippen molar-refractivity contribution in [2.24, 2.45) is 0 Å². The molecule has 4 rings (SSSR count). The number of benzene rings is 1. The molecular weight excluding hydrogens is 409 g/mol. The van der Waals surface area contributed by atoms with Crippen molar-refractivity contribution in [1.29, 1.82) is 0 Å². The van der Waals surface area contributed by atoms with Crippen molar-refractivity contribution < 1.29 is 13.9 Å². The average molecular weight is 432 g/mol. The summed E-state index contributed by atoms with van der Waals surface area (Å²) in [6.07, 6.45) is 0.237. The topological polar surface area (TPSA) is 54.5 Å². The molecule has 1 aromatic carbocycles. The molecule has 2 aromatic heterocycles. The molecule has 0 bridgehead atoms. The zero-order valence-corrected chi connectivity index (χ0v) is 17.5. The number of morpholine rings is 1. The fourth-order valence-corrected chi connectivity index (χ4v) is 5.03. The summed E-state index contributed by atoms with van der Waals surface area (Å²) in [6.45, 7) is 3.22. The van der Waals surface area contributed by atoms with Crippen LogP contribution in [0.1, 0.15) is 17.3 Å². The fourth-order valence-electron chi connectivity index (χ4n) is 3.40. The Morgan fingerprint density at radius 1 is 1.24 bits per heavy atom. The molecule has 0 aliphatic carbocycles. The second kappa shape index (κ2) is 9.58. The van der Waals surface area contributed by atoms with Gasteiger partial charge < -0.3 is 10.1 Å². The molecule has 1 aliphatic rings. The van der Waals surface area contributed by atoms with Gasteiger partial charge in [-0.15, -0.1) is 22.7 Å². The Hall–Kier alpha value is -2.13. The number of aromatic nitrogens is 1. The highest BCUT2D eigenvalue weighted by molar-refractivity contribution is 7.20. The van der Waals surface area contributed by atoms with Crippen molar-refractivity contribution >= 4 is 28.6 Å². The van der Waals surface area contributed by atoms with E-state index in [2.05, 4.69) is 15.2 Å². The van der Waals surface area contributed by atoms with Crippen LogP contribution >= 0.6 is 22.7 Å². The molecule has 1 fully saturated rings. The first-order valence-corrected chi connectivity index (χ1v) is 11.3. The van der Waals surface area contributed by atoms with Crippen molar-refractivity contribution in [3.63, 3.8) is 0 Å². The van der Waals surface area contributed by atoms with Gasteiger partial charge in [-0.1, -0.05) is 18.2 Å². The minimum atomic E-state index is -0.268. The molecule has 1 aliphatic heterocycles. The number of ether oxygens (including phenoxy) is 1. The molecule has 1 amide bonds. The van der Waals surface area contributed by atoms with E-state index in [9.17, 15) is 9.18 Å². The number of carbonyl (C=O) groups excluding carboxylic acids is 1. The first-order valence-electron chi connectivity index (χ1n) is 9.51. The maximum Gasteiger partial charge on any atom is 0.226 e. The third kappa shape index (κ3) is 5.27. The molecule has 3 heterocycles. The Labute approximate surface area is 177 Å². The van der Waals surface area contributed by atoms with Crippen LogP contribution in [0.2, 0.25) is 0 Å². The van der Waals surface area contributed by atoms with E-state index in [1.165, 1.54) is 6.07 Å². The first kappa shape index (κ1) is 20.2. The number of nitrogens with one attached hydrogen (secondary N) is 1. The largest absolute Gasteiger partial charge is 0.379 e. The van der Waals surface area contributed by atoms with Crippen molar-refractivity contribution in [3.8, 4) is 9.88 Å². The van der Waals surface area contributed by atoms with Crippen molar-refractivity contribution in [2.45, 2.75) is 12.5 Å². The number of carbonyl (C=O) groups is 1. The summed E-state index contributed by atoms with van der Waals surface area (Å²) in [5.74, 6) is -0.349. The number of hydrogen-bond donors (Lipinski definition) is 1. The number of thiazole rings is 1. The highest BCUT2D eigenvalue weighted by atomic mass is 32.1. The summed E-state index contributed by atoms with van der Waals surface area (Å²) in [4.78, 5) is 20.4. The van der Waals surface area contributed by atoms with Crippen LogP contribution in [0.4, 0.5) is 4.39 Å². The van der Waals surface area contributed by atoms with Gasteiger partial charge in [0.15, 0.2) is 0 Å². The molecule has 5 nitrogen and oxygen atoms in total. The Bertz CT molecular complexity index is 939. The number of nitrogens with zero attached hydrogens (tertiary/aromatic N) is 2. The third-order valence-corrected chi connectivity index (χ3v) is 6.77. The maximum absolute atomic E-state index is 13.8. The summed E-state index contributed by atoms with van der Waals surface area (Å²) in [5.41, 5.74) is 1.63. The van der Waals surface area contributed by atoms with Crippen LogP contribution in [-0.2, 0) is 16.0 Å². The van der Waals surface area contributed by atoms with E-state index in [1.54, 1.807) is 34.8 Å². The predicted octanol–water partition coefficient (Wildman–Crippen LogP) is 3.74. The quantitative estimate of drug-likeness (QED) is 0.619. The number of thiophene rings is 1. The average Bonchev–Trinajstić information content (AvgIpc) is 3.41. The van der Waals surface area contributed by atoms with Crippen LogP contribution in [0.5, 0.6) is 0 Å². The van der Waals surface area contributed by atoms with Gasteiger partial charge in [-0.3, -0.25) is 9.69 Å². The zero-order valence-electron chi connectivity index (χ0n) is 15.8. The van der Waals surface area contributed by atoms with Gasteiger partial charge in [-0.05, 0) is 29.1 Å². The van der Waals surface area contributed by atoms with E-state index < -0.39 is 0 Å². The summed E-state index contributed by atoms with van der Waals surface area (Å²) in [5, 5.41) is 7.90. The normalized spacial score (nSPS) is 15.9. The van der Waals surface area contributed by atoms with Crippen LogP contribution in [0.3, 0.4) is 0 Å². The second-order valence-electron chi connectivity index (χ2n) is 6.82. The summed E-state index contributed by atoms with van der Waals surface area (Å²) in [7, 11) is 0. The van der Waals surface area contributed by atoms with E-state index in [4.69, 9.17) is 4.74 Å². The van der Waals surface area contributed by atoms with Gasteiger partial charge in [0.2, 0.25) is 5.91 Å². The SMILES string of the molecule is O=C(Cc1csc(-c2cccs2)n1)NCC(c1cccc(F)c1)N1CCOCC1. The van der Waals surface area contributed by atoms with Crippen molar-refractivity contribution in [2.75, 3.05) is 32.8 Å². The monoisotopic (exact) mass is 431 g/mol. The van der Waals surface area contributed by atoms with E-state index in [-0.39, 0.29) is 24.2 Å². The number of halogens is 1. The smallest absolute Gasteiger partial charge is 0.226 e. The van der Waals surface area contributed by atoms with Gasteiger partial charge >= 0.3 is 0 Å². The second-order valence-corrected chi connectivity index (χ2v) is 8.63. The number of rotatable bonds is 7. The molecule has 0 spiro atoms. The predicted molar refractivity (Wildman–Crippen MR) is 114 cm³/mol. The van der Waals surface area contributed by atoms with Gasteiger partial charge in [0.05, 0.1) is 36.2 Å². The van der Waals surface area contributed by atoms with Gasteiger partial charge in [0.1, 0.15) is 10.8 Å². The van der Waals surface area contributed by atoms with Crippen molar-refractivity contribution in [1.82, 2.24) is 15.2 Å². The van der Waals surface area contributed by atoms with Gasteiger partial charge in [0.25, 0.3) is 0 Å². The van der Waals surface area contributed by atoms with E-state index in [0.717, 1.165) is 34.2 Å².